The van der Waals surface area contributed by atoms with Crippen LogP contribution in [0.3, 0.4) is 0 Å². The van der Waals surface area contributed by atoms with Crippen LogP contribution in [-0.2, 0) is 9.59 Å². The molecule has 0 radical (unpaired) electrons. The van der Waals surface area contributed by atoms with Gasteiger partial charge in [0.1, 0.15) is 11.3 Å². The zero-order chi connectivity index (χ0) is 23.2. The number of aryl methyl sites for hydroxylation is 2. The van der Waals surface area contributed by atoms with Gasteiger partial charge in [-0.3, -0.25) is 14.0 Å². The van der Waals surface area contributed by atoms with Crippen LogP contribution in [-0.4, -0.2) is 63.2 Å². The maximum Gasteiger partial charge on any atom is 0.295 e. The monoisotopic (exact) mass is 496 g/mol. The Kier molecular flexibility index (Phi) is 5.92. The average molecular weight is 497 g/mol. The first-order valence-corrected chi connectivity index (χ1v) is 11.1. The number of pyridine rings is 1. The summed E-state index contributed by atoms with van der Waals surface area (Å²) in [7, 11) is 3.82. The molecular weight excluding hydrogens is 472 g/mol. The van der Waals surface area contributed by atoms with Gasteiger partial charge in [0.2, 0.25) is 0 Å². The van der Waals surface area contributed by atoms with Crippen LogP contribution in [0, 0.1) is 13.8 Å². The molecule has 1 aromatic carbocycles. The largest absolute Gasteiger partial charge is 0.505 e. The number of Topliss-reactive ketones (excluding diaryl/α,β-unsaturated/α-hetero) is 1. The number of imidazole rings is 1. The minimum atomic E-state index is -0.684. The van der Waals surface area contributed by atoms with E-state index < -0.39 is 17.7 Å². The van der Waals surface area contributed by atoms with Crippen LogP contribution in [0.2, 0.25) is 0 Å². The van der Waals surface area contributed by atoms with Crippen LogP contribution in [0.5, 0.6) is 0 Å². The number of amides is 1. The van der Waals surface area contributed by atoms with Crippen LogP contribution in [0.15, 0.2) is 52.6 Å². The summed E-state index contributed by atoms with van der Waals surface area (Å²) in [5.41, 5.74) is 3.51. The van der Waals surface area contributed by atoms with Gasteiger partial charge in [-0.05, 0) is 57.3 Å². The number of aliphatic hydroxyl groups excluding tert-OH is 1. The van der Waals surface area contributed by atoms with E-state index >= 15 is 0 Å². The van der Waals surface area contributed by atoms with Crippen molar-refractivity contribution < 1.29 is 14.7 Å². The predicted octanol–water partition coefficient (Wildman–Crippen LogP) is 3.70. The molecule has 2 aromatic heterocycles. The normalized spacial score (nSPS) is 18.3. The highest BCUT2D eigenvalue weighted by atomic mass is 79.9. The summed E-state index contributed by atoms with van der Waals surface area (Å²) in [5, 5.41) is 11.4. The molecule has 0 unspecified atom stereocenters. The molecule has 7 nitrogen and oxygen atoms in total. The Labute approximate surface area is 195 Å². The molecule has 0 aliphatic carbocycles. The number of nitrogens with zero attached hydrogens (tertiary/aromatic N) is 4. The number of aliphatic hydroxyl groups is 1. The number of rotatable bonds is 5. The van der Waals surface area contributed by atoms with E-state index in [-0.39, 0.29) is 11.3 Å². The second-order valence-corrected chi connectivity index (χ2v) is 9.19. The van der Waals surface area contributed by atoms with Gasteiger partial charge >= 0.3 is 0 Å². The van der Waals surface area contributed by atoms with Gasteiger partial charge in [-0.15, -0.1) is 0 Å². The van der Waals surface area contributed by atoms with Gasteiger partial charge < -0.3 is 14.9 Å². The molecule has 4 rings (SSSR count). The van der Waals surface area contributed by atoms with Gasteiger partial charge in [0.25, 0.3) is 11.7 Å². The quantitative estimate of drug-likeness (QED) is 0.331. The van der Waals surface area contributed by atoms with E-state index in [1.54, 1.807) is 22.4 Å². The van der Waals surface area contributed by atoms with Crippen molar-refractivity contribution in [2.24, 2.45) is 0 Å². The maximum absolute atomic E-state index is 13.2. The number of hydrogen-bond acceptors (Lipinski definition) is 5. The lowest BCUT2D eigenvalue weighted by Crippen LogP contribution is -2.35. The molecule has 1 N–H and O–H groups in total. The third kappa shape index (κ3) is 3.73. The number of carbonyl (C=O) groups is 2. The molecule has 8 heteroatoms. The molecule has 166 valence electrons. The summed E-state index contributed by atoms with van der Waals surface area (Å²) in [4.78, 5) is 34.3. The first-order chi connectivity index (χ1) is 15.2. The molecule has 1 aliphatic heterocycles. The molecule has 0 saturated carbocycles. The Morgan fingerprint density at radius 1 is 1.16 bits per heavy atom. The summed E-state index contributed by atoms with van der Waals surface area (Å²) >= 11 is 3.43. The summed E-state index contributed by atoms with van der Waals surface area (Å²) in [6, 6.07) is 10.6. The molecule has 1 aliphatic rings. The predicted molar refractivity (Wildman–Crippen MR) is 126 cm³/mol. The van der Waals surface area contributed by atoms with Crippen molar-refractivity contribution in [1.82, 2.24) is 19.2 Å². The second kappa shape index (κ2) is 8.52. The Balaban J connectivity index is 1.94. The van der Waals surface area contributed by atoms with E-state index in [0.717, 1.165) is 15.6 Å². The van der Waals surface area contributed by atoms with Crippen LogP contribution >= 0.6 is 15.9 Å². The van der Waals surface area contributed by atoms with Crippen LogP contribution in [0.1, 0.15) is 28.6 Å². The Bertz CT molecular complexity index is 1240. The van der Waals surface area contributed by atoms with Crippen LogP contribution in [0.25, 0.3) is 11.4 Å². The van der Waals surface area contributed by atoms with Crippen LogP contribution in [0.4, 0.5) is 0 Å². The summed E-state index contributed by atoms with van der Waals surface area (Å²) in [6.45, 7) is 4.68. The van der Waals surface area contributed by atoms with E-state index in [1.807, 2.05) is 62.3 Å². The summed E-state index contributed by atoms with van der Waals surface area (Å²) in [6.07, 6.45) is 1.80. The third-order valence-corrected chi connectivity index (χ3v) is 6.29. The number of fused-ring (bicyclic) bond motifs is 1. The fraction of sp³-hybridized carbons (Fsp3) is 0.292. The number of likely N-dealkylation sites (tertiary alicyclic amines) is 1. The van der Waals surface area contributed by atoms with Crippen molar-refractivity contribution in [3.05, 3.63) is 75.2 Å². The lowest BCUT2D eigenvalue weighted by molar-refractivity contribution is -0.140. The smallest absolute Gasteiger partial charge is 0.295 e. The molecule has 3 heterocycles. The molecule has 0 spiro atoms. The van der Waals surface area contributed by atoms with Gasteiger partial charge in [0.15, 0.2) is 5.76 Å². The standard InChI is InChI=1S/C24H25BrN4O3/c1-14-6-5-11-28-19(15(2)26-23(14)28)21(30)18-20(16-7-9-17(25)10-8-16)29(13-12-27(3)4)24(32)22(18)31/h5-11,20,30H,12-13H2,1-4H3/b21-18+/t20-/m0/s1. The number of halogens is 1. The first kappa shape index (κ1) is 22.2. The van der Waals surface area contributed by atoms with E-state index in [9.17, 15) is 14.7 Å². The van der Waals surface area contributed by atoms with Gasteiger partial charge in [-0.1, -0.05) is 34.1 Å². The second-order valence-electron chi connectivity index (χ2n) is 8.28. The van der Waals surface area contributed by atoms with E-state index in [0.29, 0.717) is 30.1 Å². The first-order valence-electron chi connectivity index (χ1n) is 10.3. The fourth-order valence-corrected chi connectivity index (χ4v) is 4.40. The highest BCUT2D eigenvalue weighted by Gasteiger charge is 2.46. The summed E-state index contributed by atoms with van der Waals surface area (Å²) in [5.74, 6) is -1.50. The van der Waals surface area contributed by atoms with Crippen molar-refractivity contribution in [3.8, 4) is 0 Å². The topological polar surface area (TPSA) is 78.1 Å². The lowest BCUT2D eigenvalue weighted by Gasteiger charge is -2.26. The van der Waals surface area contributed by atoms with Gasteiger partial charge in [-0.2, -0.15) is 0 Å². The highest BCUT2D eigenvalue weighted by molar-refractivity contribution is 9.10. The number of aromatic nitrogens is 2. The minimum absolute atomic E-state index is 0.0856. The fourth-order valence-electron chi connectivity index (χ4n) is 4.14. The molecule has 3 aromatic rings. The SMILES string of the molecule is Cc1nc2c(C)cccn2c1/C(O)=C1\C(=O)C(=O)N(CCN(C)C)[C@H]1c1ccc(Br)cc1. The molecule has 1 amide bonds. The highest BCUT2D eigenvalue weighted by Crippen LogP contribution is 2.40. The minimum Gasteiger partial charge on any atom is -0.505 e. The molecule has 32 heavy (non-hydrogen) atoms. The Hall–Kier alpha value is -2.97. The van der Waals surface area contributed by atoms with E-state index in [4.69, 9.17) is 0 Å². The number of ketones is 1. The number of carbonyl (C=O) groups excluding carboxylic acids is 2. The number of likely N-dealkylation sites (N-methyl/N-ethyl adjacent to an activating group) is 1. The van der Waals surface area contributed by atoms with Gasteiger partial charge in [0, 0.05) is 23.8 Å². The zero-order valence-electron chi connectivity index (χ0n) is 18.5. The van der Waals surface area contributed by atoms with Crippen molar-refractivity contribution in [2.45, 2.75) is 19.9 Å². The Morgan fingerprint density at radius 2 is 1.84 bits per heavy atom. The maximum atomic E-state index is 13.2. The molecular formula is C24H25BrN4O3. The van der Waals surface area contributed by atoms with Crippen molar-refractivity contribution in [2.75, 3.05) is 27.2 Å². The van der Waals surface area contributed by atoms with Crippen molar-refractivity contribution >= 4 is 39.0 Å². The number of benzene rings is 1. The van der Waals surface area contributed by atoms with Gasteiger partial charge in [-0.25, -0.2) is 4.98 Å². The average Bonchev–Trinajstić information content (AvgIpc) is 3.21. The van der Waals surface area contributed by atoms with Gasteiger partial charge in [0.05, 0.1) is 17.3 Å². The molecule has 1 fully saturated rings. The molecule has 1 atom stereocenters. The van der Waals surface area contributed by atoms with E-state index in [2.05, 4.69) is 20.9 Å². The van der Waals surface area contributed by atoms with Crippen LogP contribution < -0.4 is 0 Å². The molecule has 0 bridgehead atoms. The lowest BCUT2D eigenvalue weighted by atomic mass is 9.96. The van der Waals surface area contributed by atoms with E-state index in [1.165, 1.54) is 0 Å². The van der Waals surface area contributed by atoms with Crippen molar-refractivity contribution in [1.29, 1.82) is 0 Å². The number of hydrogen-bond donors (Lipinski definition) is 1. The third-order valence-electron chi connectivity index (χ3n) is 5.76. The van der Waals surface area contributed by atoms with Crippen molar-refractivity contribution in [3.63, 3.8) is 0 Å². The molecule has 1 saturated heterocycles. The Morgan fingerprint density at radius 3 is 2.50 bits per heavy atom. The zero-order valence-corrected chi connectivity index (χ0v) is 20.0. The summed E-state index contributed by atoms with van der Waals surface area (Å²) < 4.78 is 2.66.